The maximum Gasteiger partial charge on any atom is 0.291 e. The number of hydrogen-bond donors (Lipinski definition) is 1. The number of halogens is 1. The molecule has 0 aliphatic carbocycles. The molecule has 3 aromatic carbocycles. The molecule has 0 aliphatic rings. The Hall–Kier alpha value is -3.15. The second-order valence-electron chi connectivity index (χ2n) is 7.33. The monoisotopic (exact) mass is 463 g/mol. The first-order valence-electron chi connectivity index (χ1n) is 10.1. The number of carbonyl (C=O) groups excluding carboxylic acids is 1. The quantitative estimate of drug-likeness (QED) is 0.307. The Labute approximate surface area is 196 Å². The third-order valence-electron chi connectivity index (χ3n) is 4.78. The van der Waals surface area contributed by atoms with E-state index in [-0.39, 0.29) is 18.3 Å². The molecule has 6 heteroatoms. The predicted octanol–water partition coefficient (Wildman–Crippen LogP) is 7.53. The summed E-state index contributed by atoms with van der Waals surface area (Å²) in [5.41, 5.74) is 2.89. The molecule has 0 saturated carbocycles. The Morgan fingerprint density at radius 1 is 1.00 bits per heavy atom. The Balaban J connectivity index is 1.42. The average Bonchev–Trinajstić information content (AvgIpc) is 3.26. The summed E-state index contributed by atoms with van der Waals surface area (Å²) < 4.78 is 11.6. The minimum absolute atomic E-state index is 0.232. The van der Waals surface area contributed by atoms with Crippen molar-refractivity contribution in [2.75, 3.05) is 5.32 Å². The summed E-state index contributed by atoms with van der Waals surface area (Å²) >= 11 is 7.52. The van der Waals surface area contributed by atoms with Crippen LogP contribution >= 0.6 is 23.4 Å². The molecule has 0 saturated heterocycles. The molecule has 4 nitrogen and oxygen atoms in total. The van der Waals surface area contributed by atoms with Crippen LogP contribution in [0.3, 0.4) is 0 Å². The lowest BCUT2D eigenvalue weighted by atomic mass is 10.1. The van der Waals surface area contributed by atoms with Crippen molar-refractivity contribution in [1.82, 2.24) is 0 Å². The highest BCUT2D eigenvalue weighted by molar-refractivity contribution is 7.99. The Bertz CT molecular complexity index is 1230. The molecule has 0 radical (unpaired) electrons. The number of ether oxygens (including phenoxy) is 1. The zero-order valence-corrected chi connectivity index (χ0v) is 19.3. The molecule has 0 bridgehead atoms. The zero-order chi connectivity index (χ0) is 22.5. The van der Waals surface area contributed by atoms with Crippen LogP contribution in [0.2, 0.25) is 5.02 Å². The highest BCUT2D eigenvalue weighted by Gasteiger charge is 2.14. The van der Waals surface area contributed by atoms with Gasteiger partial charge in [-0.1, -0.05) is 47.6 Å². The number of carbonyl (C=O) groups is 1. The standard InChI is InChI=1S/C26H22ClNO3S/c1-17-7-8-18(2)24(15-17)30-16-20-11-14-23(31-20)26(29)28-22-5-3-4-6-25(22)32-21-12-9-19(27)10-13-21/h3-15H,16H2,1-2H3,(H,28,29). The molecule has 1 amide bonds. The topological polar surface area (TPSA) is 51.5 Å². The number of para-hydroxylation sites is 1. The van der Waals surface area contributed by atoms with Crippen molar-refractivity contribution >= 4 is 35.0 Å². The van der Waals surface area contributed by atoms with Gasteiger partial charge in [0.1, 0.15) is 18.1 Å². The first kappa shape index (κ1) is 22.1. The van der Waals surface area contributed by atoms with E-state index in [2.05, 4.69) is 5.32 Å². The molecule has 32 heavy (non-hydrogen) atoms. The summed E-state index contributed by atoms with van der Waals surface area (Å²) in [6, 6.07) is 24.7. The van der Waals surface area contributed by atoms with Crippen molar-refractivity contribution < 1.29 is 13.9 Å². The molecule has 0 atom stereocenters. The molecule has 0 fully saturated rings. The summed E-state index contributed by atoms with van der Waals surface area (Å²) in [7, 11) is 0. The van der Waals surface area contributed by atoms with Crippen molar-refractivity contribution in [3.8, 4) is 5.75 Å². The number of aryl methyl sites for hydroxylation is 2. The van der Waals surface area contributed by atoms with Crippen LogP contribution in [-0.2, 0) is 6.61 Å². The van der Waals surface area contributed by atoms with Gasteiger partial charge in [-0.3, -0.25) is 4.79 Å². The van der Waals surface area contributed by atoms with Crippen LogP contribution in [0.1, 0.15) is 27.4 Å². The van der Waals surface area contributed by atoms with Crippen LogP contribution in [0, 0.1) is 13.8 Å². The van der Waals surface area contributed by atoms with Gasteiger partial charge in [0, 0.05) is 14.8 Å². The van der Waals surface area contributed by atoms with Gasteiger partial charge in [0.25, 0.3) is 5.91 Å². The van der Waals surface area contributed by atoms with Crippen molar-refractivity contribution in [3.05, 3.63) is 107 Å². The summed E-state index contributed by atoms with van der Waals surface area (Å²) in [5.74, 6) is 1.31. The highest BCUT2D eigenvalue weighted by atomic mass is 35.5. The molecule has 0 spiro atoms. The van der Waals surface area contributed by atoms with E-state index in [0.717, 1.165) is 26.7 Å². The van der Waals surface area contributed by atoms with Gasteiger partial charge in [-0.15, -0.1) is 0 Å². The van der Waals surface area contributed by atoms with Crippen LogP contribution in [0.5, 0.6) is 5.75 Å². The normalized spacial score (nSPS) is 10.7. The molecule has 1 heterocycles. The number of furan rings is 1. The fourth-order valence-electron chi connectivity index (χ4n) is 3.06. The third kappa shape index (κ3) is 5.55. The minimum Gasteiger partial charge on any atom is -0.485 e. The van der Waals surface area contributed by atoms with E-state index in [1.165, 1.54) is 0 Å². The smallest absolute Gasteiger partial charge is 0.291 e. The van der Waals surface area contributed by atoms with Gasteiger partial charge >= 0.3 is 0 Å². The molecular formula is C26H22ClNO3S. The van der Waals surface area contributed by atoms with Crippen molar-refractivity contribution in [2.45, 2.75) is 30.2 Å². The molecule has 4 rings (SSSR count). The lowest BCUT2D eigenvalue weighted by Crippen LogP contribution is -2.11. The van der Waals surface area contributed by atoms with Crippen LogP contribution in [0.15, 0.2) is 93.1 Å². The van der Waals surface area contributed by atoms with Gasteiger partial charge in [-0.25, -0.2) is 0 Å². The molecule has 4 aromatic rings. The SMILES string of the molecule is Cc1ccc(C)c(OCc2ccc(C(=O)Nc3ccccc3Sc3ccc(Cl)cc3)o2)c1. The summed E-state index contributed by atoms with van der Waals surface area (Å²) in [6.07, 6.45) is 0. The third-order valence-corrected chi connectivity index (χ3v) is 6.11. The largest absolute Gasteiger partial charge is 0.485 e. The molecular weight excluding hydrogens is 442 g/mol. The van der Waals surface area contributed by atoms with Gasteiger partial charge in [-0.05, 0) is 79.6 Å². The zero-order valence-electron chi connectivity index (χ0n) is 17.7. The Kier molecular flexibility index (Phi) is 6.88. The highest BCUT2D eigenvalue weighted by Crippen LogP contribution is 2.34. The van der Waals surface area contributed by atoms with E-state index in [1.807, 2.05) is 80.6 Å². The molecule has 0 unspecified atom stereocenters. The van der Waals surface area contributed by atoms with E-state index in [9.17, 15) is 4.79 Å². The molecule has 1 N–H and O–H groups in total. The molecule has 1 aromatic heterocycles. The van der Waals surface area contributed by atoms with Crippen LogP contribution in [-0.4, -0.2) is 5.91 Å². The van der Waals surface area contributed by atoms with Gasteiger partial charge in [0.15, 0.2) is 5.76 Å². The summed E-state index contributed by atoms with van der Waals surface area (Å²) in [6.45, 7) is 4.26. The Morgan fingerprint density at radius 3 is 2.59 bits per heavy atom. The first-order chi connectivity index (χ1) is 15.5. The lowest BCUT2D eigenvalue weighted by molar-refractivity contribution is 0.0992. The van der Waals surface area contributed by atoms with E-state index < -0.39 is 0 Å². The second kappa shape index (κ2) is 9.98. The number of anilines is 1. The number of benzene rings is 3. The van der Waals surface area contributed by atoms with E-state index in [0.29, 0.717) is 16.5 Å². The fraction of sp³-hybridized carbons (Fsp3) is 0.115. The first-order valence-corrected chi connectivity index (χ1v) is 11.3. The molecule has 162 valence electrons. The lowest BCUT2D eigenvalue weighted by Gasteiger charge is -2.10. The van der Waals surface area contributed by atoms with E-state index >= 15 is 0 Å². The van der Waals surface area contributed by atoms with Crippen LogP contribution in [0.25, 0.3) is 0 Å². The van der Waals surface area contributed by atoms with Crippen molar-refractivity contribution in [3.63, 3.8) is 0 Å². The average molecular weight is 464 g/mol. The summed E-state index contributed by atoms with van der Waals surface area (Å²) in [5, 5.41) is 3.63. The fourth-order valence-corrected chi connectivity index (χ4v) is 4.09. The molecule has 0 aliphatic heterocycles. The maximum atomic E-state index is 12.8. The number of amides is 1. The minimum atomic E-state index is -0.313. The number of rotatable bonds is 7. The Morgan fingerprint density at radius 2 is 1.78 bits per heavy atom. The van der Waals surface area contributed by atoms with Crippen LogP contribution in [0.4, 0.5) is 5.69 Å². The maximum absolute atomic E-state index is 12.8. The van der Waals surface area contributed by atoms with Gasteiger partial charge < -0.3 is 14.5 Å². The van der Waals surface area contributed by atoms with Crippen LogP contribution < -0.4 is 10.1 Å². The van der Waals surface area contributed by atoms with Crippen molar-refractivity contribution in [1.29, 1.82) is 0 Å². The number of hydrogen-bond acceptors (Lipinski definition) is 4. The van der Waals surface area contributed by atoms with E-state index in [4.69, 9.17) is 20.8 Å². The van der Waals surface area contributed by atoms with Gasteiger partial charge in [0.05, 0.1) is 5.69 Å². The summed E-state index contributed by atoms with van der Waals surface area (Å²) in [4.78, 5) is 14.7. The second-order valence-corrected chi connectivity index (χ2v) is 8.88. The van der Waals surface area contributed by atoms with Crippen molar-refractivity contribution in [2.24, 2.45) is 0 Å². The van der Waals surface area contributed by atoms with E-state index in [1.54, 1.807) is 23.9 Å². The van der Waals surface area contributed by atoms with Gasteiger partial charge in [-0.2, -0.15) is 0 Å². The predicted molar refractivity (Wildman–Crippen MR) is 129 cm³/mol. The number of nitrogens with one attached hydrogen (secondary N) is 1. The van der Waals surface area contributed by atoms with Gasteiger partial charge in [0.2, 0.25) is 0 Å².